The second kappa shape index (κ2) is 10.3. The lowest BCUT2D eigenvalue weighted by molar-refractivity contribution is 0.102. The summed E-state index contributed by atoms with van der Waals surface area (Å²) < 4.78 is 38.9. The van der Waals surface area contributed by atoms with Crippen LogP contribution in [0.2, 0.25) is 0 Å². The van der Waals surface area contributed by atoms with Gasteiger partial charge in [-0.25, -0.2) is 8.42 Å². The predicted molar refractivity (Wildman–Crippen MR) is 130 cm³/mol. The van der Waals surface area contributed by atoms with Gasteiger partial charge in [-0.2, -0.15) is 4.31 Å². The molecule has 0 aliphatic carbocycles. The minimum atomic E-state index is -3.69. The molecule has 3 aromatic rings. The van der Waals surface area contributed by atoms with E-state index in [1.54, 1.807) is 30.3 Å². The summed E-state index contributed by atoms with van der Waals surface area (Å²) in [5.74, 6) is 1.12. The van der Waals surface area contributed by atoms with E-state index in [1.807, 2.05) is 37.4 Å². The van der Waals surface area contributed by atoms with Crippen molar-refractivity contribution in [3.8, 4) is 17.2 Å². The second-order valence-corrected chi connectivity index (χ2v) is 9.90. The van der Waals surface area contributed by atoms with E-state index in [2.05, 4.69) is 10.2 Å². The first-order chi connectivity index (χ1) is 16.4. The zero-order valence-corrected chi connectivity index (χ0v) is 19.9. The molecule has 9 heteroatoms. The van der Waals surface area contributed by atoms with E-state index in [-0.39, 0.29) is 10.6 Å². The number of methoxy groups -OCH3 is 1. The van der Waals surface area contributed by atoms with Crippen molar-refractivity contribution >= 4 is 21.6 Å². The van der Waals surface area contributed by atoms with Crippen LogP contribution in [0.15, 0.2) is 77.7 Å². The Morgan fingerprint density at radius 1 is 0.882 bits per heavy atom. The summed E-state index contributed by atoms with van der Waals surface area (Å²) in [6.45, 7) is 2.17. The summed E-state index contributed by atoms with van der Waals surface area (Å²) in [6.07, 6.45) is 0. The Labute approximate surface area is 199 Å². The largest absolute Gasteiger partial charge is 0.495 e. The number of rotatable bonds is 7. The normalized spacial score (nSPS) is 15.0. The molecule has 4 rings (SSSR count). The Morgan fingerprint density at radius 2 is 1.59 bits per heavy atom. The molecule has 0 bridgehead atoms. The van der Waals surface area contributed by atoms with Crippen molar-refractivity contribution in [1.82, 2.24) is 9.21 Å². The molecule has 8 nitrogen and oxygen atoms in total. The topological polar surface area (TPSA) is 88.2 Å². The van der Waals surface area contributed by atoms with Gasteiger partial charge in [0.2, 0.25) is 10.0 Å². The summed E-state index contributed by atoms with van der Waals surface area (Å²) >= 11 is 0. The third-order valence-electron chi connectivity index (χ3n) is 5.59. The summed E-state index contributed by atoms with van der Waals surface area (Å²) in [4.78, 5) is 15.2. The van der Waals surface area contributed by atoms with Gasteiger partial charge in [0.25, 0.3) is 5.91 Å². The molecular weight excluding hydrogens is 454 g/mol. The molecule has 1 heterocycles. The molecule has 1 saturated heterocycles. The van der Waals surface area contributed by atoms with Crippen molar-refractivity contribution < 1.29 is 22.7 Å². The van der Waals surface area contributed by atoms with Crippen molar-refractivity contribution in [1.29, 1.82) is 0 Å². The van der Waals surface area contributed by atoms with Crippen LogP contribution >= 0.6 is 0 Å². The first kappa shape index (κ1) is 23.7. The van der Waals surface area contributed by atoms with E-state index in [4.69, 9.17) is 9.47 Å². The third kappa shape index (κ3) is 5.39. The number of anilines is 1. The zero-order chi connectivity index (χ0) is 24.1. The maximum absolute atomic E-state index is 13.2. The van der Waals surface area contributed by atoms with Crippen LogP contribution in [0.25, 0.3) is 0 Å². The number of nitrogens with zero attached hydrogens (tertiary/aromatic N) is 2. The fourth-order valence-corrected chi connectivity index (χ4v) is 5.09. The standard InChI is InChI=1S/C25H27N3O5S/c1-27-13-15-28(16-14-27)34(30,31)22-11-12-24(32-2)23(18-22)26-25(29)19-7-6-10-21(17-19)33-20-8-4-3-5-9-20/h3-12,17-18H,13-16H2,1-2H3,(H,26,29). The molecule has 1 N–H and O–H groups in total. The SMILES string of the molecule is COc1ccc(S(=O)(=O)N2CCN(C)CC2)cc1NC(=O)c1cccc(Oc2ccccc2)c1. The first-order valence-electron chi connectivity index (χ1n) is 10.9. The lowest BCUT2D eigenvalue weighted by Gasteiger charge is -2.31. The molecule has 0 unspecified atom stereocenters. The fraction of sp³-hybridized carbons (Fsp3) is 0.240. The van der Waals surface area contributed by atoms with Gasteiger partial charge in [-0.3, -0.25) is 4.79 Å². The Bertz CT molecular complexity index is 1260. The number of carbonyl (C=O) groups excluding carboxylic acids is 1. The highest BCUT2D eigenvalue weighted by molar-refractivity contribution is 7.89. The molecule has 1 aliphatic heterocycles. The predicted octanol–water partition coefficient (Wildman–Crippen LogP) is 3.68. The molecule has 3 aromatic carbocycles. The van der Waals surface area contributed by atoms with Crippen LogP contribution in [-0.2, 0) is 10.0 Å². The Balaban J connectivity index is 1.55. The molecule has 178 valence electrons. The van der Waals surface area contributed by atoms with Gasteiger partial charge in [0.15, 0.2) is 0 Å². The van der Waals surface area contributed by atoms with Crippen LogP contribution in [0.4, 0.5) is 5.69 Å². The van der Waals surface area contributed by atoms with Gasteiger partial charge < -0.3 is 19.7 Å². The van der Waals surface area contributed by atoms with Gasteiger partial charge in [-0.1, -0.05) is 24.3 Å². The van der Waals surface area contributed by atoms with Crippen LogP contribution in [0.1, 0.15) is 10.4 Å². The van der Waals surface area contributed by atoms with Crippen molar-refractivity contribution in [2.75, 3.05) is 45.7 Å². The van der Waals surface area contributed by atoms with E-state index in [0.717, 1.165) is 0 Å². The molecule has 0 saturated carbocycles. The number of amides is 1. The van der Waals surface area contributed by atoms with Gasteiger partial charge >= 0.3 is 0 Å². The minimum absolute atomic E-state index is 0.106. The molecular formula is C25H27N3O5S. The van der Waals surface area contributed by atoms with Crippen LogP contribution in [0.5, 0.6) is 17.2 Å². The summed E-state index contributed by atoms with van der Waals surface area (Å²) in [7, 11) is -0.265. The van der Waals surface area contributed by atoms with Crippen LogP contribution in [0, 0.1) is 0 Å². The maximum Gasteiger partial charge on any atom is 0.255 e. The lowest BCUT2D eigenvalue weighted by Crippen LogP contribution is -2.47. The van der Waals surface area contributed by atoms with Crippen molar-refractivity contribution in [2.45, 2.75) is 4.90 Å². The van der Waals surface area contributed by atoms with Crippen LogP contribution < -0.4 is 14.8 Å². The Morgan fingerprint density at radius 3 is 2.29 bits per heavy atom. The number of ether oxygens (including phenoxy) is 2. The van der Waals surface area contributed by atoms with Crippen molar-refractivity contribution in [3.05, 3.63) is 78.4 Å². The smallest absolute Gasteiger partial charge is 0.255 e. The number of carbonyl (C=O) groups is 1. The first-order valence-corrected chi connectivity index (χ1v) is 12.3. The van der Waals surface area contributed by atoms with E-state index in [0.29, 0.717) is 49.0 Å². The number of piperazine rings is 1. The van der Waals surface area contributed by atoms with Crippen molar-refractivity contribution in [2.24, 2.45) is 0 Å². The highest BCUT2D eigenvalue weighted by atomic mass is 32.2. The van der Waals surface area contributed by atoms with Crippen LogP contribution in [0.3, 0.4) is 0 Å². The highest BCUT2D eigenvalue weighted by Crippen LogP contribution is 2.30. The summed E-state index contributed by atoms with van der Waals surface area (Å²) in [6, 6.07) is 20.5. The third-order valence-corrected chi connectivity index (χ3v) is 7.49. The second-order valence-electron chi connectivity index (χ2n) is 7.97. The lowest BCUT2D eigenvalue weighted by atomic mass is 10.2. The minimum Gasteiger partial charge on any atom is -0.495 e. The molecule has 1 fully saturated rings. The number of hydrogen-bond acceptors (Lipinski definition) is 6. The number of hydrogen-bond donors (Lipinski definition) is 1. The van der Waals surface area contributed by atoms with Gasteiger partial charge in [0.1, 0.15) is 17.2 Å². The molecule has 34 heavy (non-hydrogen) atoms. The Kier molecular flexibility index (Phi) is 7.16. The van der Waals surface area contributed by atoms with Crippen molar-refractivity contribution in [3.63, 3.8) is 0 Å². The summed E-state index contributed by atoms with van der Waals surface area (Å²) in [5.41, 5.74) is 0.639. The molecule has 0 aromatic heterocycles. The number of benzene rings is 3. The Hall–Kier alpha value is -3.40. The van der Waals surface area contributed by atoms with Gasteiger partial charge in [-0.05, 0) is 55.6 Å². The number of para-hydroxylation sites is 1. The molecule has 0 spiro atoms. The maximum atomic E-state index is 13.2. The quantitative estimate of drug-likeness (QED) is 0.554. The average Bonchev–Trinajstić information content (AvgIpc) is 2.85. The highest BCUT2D eigenvalue weighted by Gasteiger charge is 2.28. The summed E-state index contributed by atoms with van der Waals surface area (Å²) in [5, 5.41) is 2.78. The molecule has 0 radical (unpaired) electrons. The fourth-order valence-electron chi connectivity index (χ4n) is 3.64. The number of nitrogens with one attached hydrogen (secondary N) is 1. The van der Waals surface area contributed by atoms with Gasteiger partial charge in [0.05, 0.1) is 17.7 Å². The van der Waals surface area contributed by atoms with E-state index >= 15 is 0 Å². The number of likely N-dealkylation sites (N-methyl/N-ethyl adjacent to an activating group) is 1. The molecule has 1 amide bonds. The zero-order valence-electron chi connectivity index (χ0n) is 19.1. The van der Waals surface area contributed by atoms with Gasteiger partial charge in [0, 0.05) is 31.7 Å². The monoisotopic (exact) mass is 481 g/mol. The van der Waals surface area contributed by atoms with E-state index < -0.39 is 15.9 Å². The number of sulfonamides is 1. The van der Waals surface area contributed by atoms with E-state index in [1.165, 1.54) is 23.5 Å². The van der Waals surface area contributed by atoms with Crippen LogP contribution in [-0.4, -0.2) is 63.9 Å². The molecule has 0 atom stereocenters. The molecule has 1 aliphatic rings. The van der Waals surface area contributed by atoms with Gasteiger partial charge in [-0.15, -0.1) is 0 Å². The average molecular weight is 482 g/mol. The van der Waals surface area contributed by atoms with E-state index in [9.17, 15) is 13.2 Å².